The molecule has 3 heteroatoms. The minimum absolute atomic E-state index is 0.119. The van der Waals surface area contributed by atoms with Crippen molar-refractivity contribution in [3.8, 4) is 0 Å². The monoisotopic (exact) mass is 225 g/mol. The Morgan fingerprint density at radius 1 is 1.31 bits per heavy atom. The zero-order valence-corrected chi connectivity index (χ0v) is 10.4. The van der Waals surface area contributed by atoms with Crippen LogP contribution < -0.4 is 0 Å². The molecule has 2 fully saturated rings. The summed E-state index contributed by atoms with van der Waals surface area (Å²) in [5.41, 5.74) is 0. The predicted octanol–water partition coefficient (Wildman–Crippen LogP) is 2.35. The number of carbonyl (C=O) groups is 1. The molecule has 2 aliphatic rings. The van der Waals surface area contributed by atoms with Crippen molar-refractivity contribution in [2.75, 3.05) is 6.54 Å². The standard InChI is InChI=1S/C13H23NO2/c1-3-7-14-11-5-4-6-12(14)9-13(8-11)16-10(2)15/h11-13H,3-9H2,1-2H3. The molecule has 92 valence electrons. The number of hydrogen-bond donors (Lipinski definition) is 0. The third kappa shape index (κ3) is 2.57. The number of rotatable bonds is 3. The van der Waals surface area contributed by atoms with E-state index >= 15 is 0 Å². The summed E-state index contributed by atoms with van der Waals surface area (Å²) < 4.78 is 5.39. The summed E-state index contributed by atoms with van der Waals surface area (Å²) in [6, 6.07) is 1.33. The minimum atomic E-state index is -0.119. The molecule has 0 aliphatic carbocycles. The predicted molar refractivity (Wildman–Crippen MR) is 63.2 cm³/mol. The molecule has 2 rings (SSSR count). The van der Waals surface area contributed by atoms with E-state index in [1.165, 1.54) is 39.2 Å². The topological polar surface area (TPSA) is 29.5 Å². The van der Waals surface area contributed by atoms with E-state index in [0.717, 1.165) is 12.8 Å². The second-order valence-electron chi connectivity index (χ2n) is 5.18. The Bertz CT molecular complexity index is 240. The molecule has 3 nitrogen and oxygen atoms in total. The van der Waals surface area contributed by atoms with Crippen LogP contribution in [0.4, 0.5) is 0 Å². The lowest BCUT2D eigenvalue weighted by atomic mass is 9.83. The molecule has 0 N–H and O–H groups in total. The number of nitrogens with zero attached hydrogens (tertiary/aromatic N) is 1. The van der Waals surface area contributed by atoms with Crippen molar-refractivity contribution in [3.63, 3.8) is 0 Å². The normalized spacial score (nSPS) is 34.8. The van der Waals surface area contributed by atoms with E-state index in [9.17, 15) is 4.79 Å². The van der Waals surface area contributed by atoms with Crippen molar-refractivity contribution in [1.82, 2.24) is 4.90 Å². The van der Waals surface area contributed by atoms with Gasteiger partial charge in [-0.25, -0.2) is 0 Å². The van der Waals surface area contributed by atoms with Crippen molar-refractivity contribution >= 4 is 5.97 Å². The number of ether oxygens (including phenoxy) is 1. The van der Waals surface area contributed by atoms with Crippen LogP contribution in [0.3, 0.4) is 0 Å². The van der Waals surface area contributed by atoms with Gasteiger partial charge < -0.3 is 4.74 Å². The van der Waals surface area contributed by atoms with Gasteiger partial charge in [-0.3, -0.25) is 9.69 Å². The van der Waals surface area contributed by atoms with Crippen molar-refractivity contribution in [2.45, 2.75) is 70.6 Å². The highest BCUT2D eigenvalue weighted by Gasteiger charge is 2.38. The fourth-order valence-corrected chi connectivity index (χ4v) is 3.38. The van der Waals surface area contributed by atoms with Gasteiger partial charge in [0.1, 0.15) is 6.10 Å². The number of piperidine rings is 2. The molecule has 0 radical (unpaired) electrons. The molecule has 0 aromatic heterocycles. The van der Waals surface area contributed by atoms with Gasteiger partial charge in [0.2, 0.25) is 0 Å². The van der Waals surface area contributed by atoms with Gasteiger partial charge in [0, 0.05) is 31.8 Å². The van der Waals surface area contributed by atoms with Gasteiger partial charge in [-0.1, -0.05) is 13.3 Å². The van der Waals surface area contributed by atoms with Crippen LogP contribution in [0.5, 0.6) is 0 Å². The zero-order chi connectivity index (χ0) is 11.5. The van der Waals surface area contributed by atoms with Gasteiger partial charge in [0.15, 0.2) is 0 Å². The third-order valence-corrected chi connectivity index (χ3v) is 3.90. The fourth-order valence-electron chi connectivity index (χ4n) is 3.38. The lowest BCUT2D eigenvalue weighted by molar-refractivity contribution is -0.152. The van der Waals surface area contributed by atoms with E-state index in [2.05, 4.69) is 11.8 Å². The molecule has 2 unspecified atom stereocenters. The molecule has 0 aromatic carbocycles. The molecule has 0 amide bonds. The molecular formula is C13H23NO2. The lowest BCUT2D eigenvalue weighted by Crippen LogP contribution is -2.54. The van der Waals surface area contributed by atoms with E-state index in [1.807, 2.05) is 0 Å². The van der Waals surface area contributed by atoms with Crippen molar-refractivity contribution < 1.29 is 9.53 Å². The van der Waals surface area contributed by atoms with E-state index in [4.69, 9.17) is 4.74 Å². The first kappa shape index (κ1) is 11.9. The van der Waals surface area contributed by atoms with Crippen molar-refractivity contribution in [3.05, 3.63) is 0 Å². The van der Waals surface area contributed by atoms with Crippen LogP contribution in [0.25, 0.3) is 0 Å². The largest absolute Gasteiger partial charge is 0.462 e. The Kier molecular flexibility index (Phi) is 3.85. The van der Waals surface area contributed by atoms with E-state index in [-0.39, 0.29) is 12.1 Å². The summed E-state index contributed by atoms with van der Waals surface area (Å²) >= 11 is 0. The van der Waals surface area contributed by atoms with Crippen molar-refractivity contribution in [1.29, 1.82) is 0 Å². The third-order valence-electron chi connectivity index (χ3n) is 3.90. The SMILES string of the molecule is CCCN1C2CCCC1CC(OC(C)=O)C2. The summed E-state index contributed by atoms with van der Waals surface area (Å²) in [5, 5.41) is 0. The van der Waals surface area contributed by atoms with Crippen molar-refractivity contribution in [2.24, 2.45) is 0 Å². The molecule has 2 bridgehead atoms. The molecule has 2 atom stereocenters. The molecular weight excluding hydrogens is 202 g/mol. The van der Waals surface area contributed by atoms with Crippen LogP contribution in [-0.4, -0.2) is 35.6 Å². The maximum atomic E-state index is 11.0. The molecule has 2 heterocycles. The van der Waals surface area contributed by atoms with E-state index in [0.29, 0.717) is 12.1 Å². The van der Waals surface area contributed by atoms with Gasteiger partial charge in [0.25, 0.3) is 0 Å². The van der Waals surface area contributed by atoms with E-state index < -0.39 is 0 Å². The second kappa shape index (κ2) is 5.17. The molecule has 0 spiro atoms. The number of carbonyl (C=O) groups excluding carboxylic acids is 1. The smallest absolute Gasteiger partial charge is 0.302 e. The van der Waals surface area contributed by atoms with Gasteiger partial charge in [-0.2, -0.15) is 0 Å². The van der Waals surface area contributed by atoms with Gasteiger partial charge in [0.05, 0.1) is 0 Å². The second-order valence-corrected chi connectivity index (χ2v) is 5.18. The Morgan fingerprint density at radius 2 is 1.94 bits per heavy atom. The number of esters is 1. The number of fused-ring (bicyclic) bond motifs is 2. The van der Waals surface area contributed by atoms with Crippen LogP contribution >= 0.6 is 0 Å². The summed E-state index contributed by atoms with van der Waals surface area (Å²) in [6.07, 6.45) is 7.43. The van der Waals surface area contributed by atoms with Gasteiger partial charge in [-0.15, -0.1) is 0 Å². The summed E-state index contributed by atoms with van der Waals surface area (Å²) in [6.45, 7) is 4.98. The molecule has 2 saturated heterocycles. The highest BCUT2D eigenvalue weighted by Crippen LogP contribution is 2.35. The van der Waals surface area contributed by atoms with Crippen LogP contribution in [-0.2, 0) is 9.53 Å². The minimum Gasteiger partial charge on any atom is -0.462 e. The van der Waals surface area contributed by atoms with Gasteiger partial charge >= 0.3 is 5.97 Å². The maximum absolute atomic E-state index is 11.0. The average Bonchev–Trinajstić information content (AvgIpc) is 2.18. The fraction of sp³-hybridized carbons (Fsp3) is 0.923. The first-order valence-electron chi connectivity index (χ1n) is 6.63. The highest BCUT2D eigenvalue weighted by molar-refractivity contribution is 5.66. The Balaban J connectivity index is 1.97. The zero-order valence-electron chi connectivity index (χ0n) is 10.4. The summed E-state index contributed by atoms with van der Waals surface area (Å²) in [4.78, 5) is 13.7. The lowest BCUT2D eigenvalue weighted by Gasteiger charge is -2.48. The Hall–Kier alpha value is -0.570. The van der Waals surface area contributed by atoms with Crippen LogP contribution in [0, 0.1) is 0 Å². The quantitative estimate of drug-likeness (QED) is 0.690. The Morgan fingerprint density at radius 3 is 2.44 bits per heavy atom. The average molecular weight is 225 g/mol. The number of hydrogen-bond acceptors (Lipinski definition) is 3. The first-order valence-corrected chi connectivity index (χ1v) is 6.63. The van der Waals surface area contributed by atoms with Gasteiger partial charge in [-0.05, 0) is 25.8 Å². The Labute approximate surface area is 98.1 Å². The molecule has 0 aromatic rings. The first-order chi connectivity index (χ1) is 7.70. The van der Waals surface area contributed by atoms with E-state index in [1.54, 1.807) is 0 Å². The summed E-state index contributed by atoms with van der Waals surface area (Å²) in [7, 11) is 0. The highest BCUT2D eigenvalue weighted by atomic mass is 16.5. The molecule has 2 aliphatic heterocycles. The van der Waals surface area contributed by atoms with Crippen LogP contribution in [0.2, 0.25) is 0 Å². The molecule has 16 heavy (non-hydrogen) atoms. The van der Waals surface area contributed by atoms with Crippen LogP contribution in [0.1, 0.15) is 52.4 Å². The maximum Gasteiger partial charge on any atom is 0.302 e. The van der Waals surface area contributed by atoms with Crippen LogP contribution in [0.15, 0.2) is 0 Å². The molecule has 0 saturated carbocycles. The summed E-state index contributed by atoms with van der Waals surface area (Å²) in [5.74, 6) is -0.119.